The molecule has 7 nitrogen and oxygen atoms in total. The summed E-state index contributed by atoms with van der Waals surface area (Å²) in [6.45, 7) is 1.27. The lowest BCUT2D eigenvalue weighted by Crippen LogP contribution is -2.13. The van der Waals surface area contributed by atoms with E-state index in [-0.39, 0.29) is 0 Å². The Balaban J connectivity index is 2.77. The van der Waals surface area contributed by atoms with Crippen molar-refractivity contribution in [3.63, 3.8) is 0 Å². The zero-order valence-electron chi connectivity index (χ0n) is 15.1. The largest absolute Gasteiger partial charge is 0.493 e. The van der Waals surface area contributed by atoms with Crippen LogP contribution in [0.5, 0.6) is 17.2 Å². The topological polar surface area (TPSA) is 65.1 Å². The summed E-state index contributed by atoms with van der Waals surface area (Å²) in [6.07, 6.45) is 1.80. The highest BCUT2D eigenvalue weighted by Gasteiger charge is 2.22. The SMILES string of the molecule is COCCNc1cnc(N(C)C)c2c(OC)c(OC)c(OC)cc12. The minimum atomic E-state index is 0.548. The van der Waals surface area contributed by atoms with E-state index < -0.39 is 0 Å². The summed E-state index contributed by atoms with van der Waals surface area (Å²) in [5.74, 6) is 2.54. The maximum atomic E-state index is 5.64. The number of fused-ring (bicyclic) bond motifs is 1. The Kier molecular flexibility index (Phi) is 5.92. The second kappa shape index (κ2) is 7.92. The van der Waals surface area contributed by atoms with E-state index in [0.717, 1.165) is 22.3 Å². The van der Waals surface area contributed by atoms with Crippen LogP contribution in [0.3, 0.4) is 0 Å². The van der Waals surface area contributed by atoms with Gasteiger partial charge in [0.15, 0.2) is 11.5 Å². The Hall–Kier alpha value is -2.41. The lowest BCUT2D eigenvalue weighted by atomic mass is 10.1. The van der Waals surface area contributed by atoms with Gasteiger partial charge in [-0.3, -0.25) is 0 Å². The van der Waals surface area contributed by atoms with Crippen molar-refractivity contribution in [3.05, 3.63) is 12.3 Å². The van der Waals surface area contributed by atoms with E-state index in [0.29, 0.717) is 30.4 Å². The number of pyridine rings is 1. The average Bonchev–Trinajstić information content (AvgIpc) is 2.59. The molecule has 132 valence electrons. The highest BCUT2D eigenvalue weighted by molar-refractivity contribution is 6.06. The van der Waals surface area contributed by atoms with E-state index in [2.05, 4.69) is 10.3 Å². The molecule has 1 N–H and O–H groups in total. The van der Waals surface area contributed by atoms with Gasteiger partial charge in [0.1, 0.15) is 5.82 Å². The number of rotatable bonds is 8. The van der Waals surface area contributed by atoms with Crippen LogP contribution in [0, 0.1) is 0 Å². The van der Waals surface area contributed by atoms with E-state index >= 15 is 0 Å². The molecule has 1 aromatic carbocycles. The molecule has 1 heterocycles. The van der Waals surface area contributed by atoms with Crippen molar-refractivity contribution in [1.29, 1.82) is 0 Å². The molecule has 0 unspecified atom stereocenters. The van der Waals surface area contributed by atoms with Crippen LogP contribution in [0.25, 0.3) is 10.8 Å². The normalized spacial score (nSPS) is 10.6. The van der Waals surface area contributed by atoms with Gasteiger partial charge in [-0.1, -0.05) is 0 Å². The van der Waals surface area contributed by atoms with Crippen molar-refractivity contribution in [2.24, 2.45) is 0 Å². The van der Waals surface area contributed by atoms with Crippen LogP contribution in [0.1, 0.15) is 0 Å². The Morgan fingerprint density at radius 1 is 1.04 bits per heavy atom. The van der Waals surface area contributed by atoms with E-state index in [4.69, 9.17) is 18.9 Å². The molecule has 0 fully saturated rings. The number of anilines is 2. The molecule has 0 radical (unpaired) electrons. The van der Waals surface area contributed by atoms with Crippen LogP contribution in [0.4, 0.5) is 11.5 Å². The van der Waals surface area contributed by atoms with Crippen molar-refractivity contribution >= 4 is 22.3 Å². The molecular formula is C17H25N3O4. The second-order valence-corrected chi connectivity index (χ2v) is 5.38. The summed E-state index contributed by atoms with van der Waals surface area (Å²) in [6, 6.07) is 1.93. The van der Waals surface area contributed by atoms with Crippen molar-refractivity contribution in [1.82, 2.24) is 4.98 Å². The van der Waals surface area contributed by atoms with E-state index in [1.54, 1.807) is 34.6 Å². The van der Waals surface area contributed by atoms with Gasteiger partial charge in [-0.25, -0.2) is 4.98 Å². The lowest BCUT2D eigenvalue weighted by molar-refractivity contribution is 0.211. The maximum Gasteiger partial charge on any atom is 0.204 e. The number of nitrogens with one attached hydrogen (secondary N) is 1. The quantitative estimate of drug-likeness (QED) is 0.743. The molecule has 0 saturated heterocycles. The summed E-state index contributed by atoms with van der Waals surface area (Å²) < 4.78 is 21.7. The molecule has 0 amide bonds. The first-order chi connectivity index (χ1) is 11.6. The van der Waals surface area contributed by atoms with Crippen LogP contribution in [-0.4, -0.2) is 60.7 Å². The molecule has 0 bridgehead atoms. The Labute approximate surface area is 142 Å². The molecular weight excluding hydrogens is 310 g/mol. The monoisotopic (exact) mass is 335 g/mol. The Morgan fingerprint density at radius 2 is 1.75 bits per heavy atom. The lowest BCUT2D eigenvalue weighted by Gasteiger charge is -2.21. The third-order valence-corrected chi connectivity index (χ3v) is 3.70. The minimum Gasteiger partial charge on any atom is -0.493 e. The third kappa shape index (κ3) is 3.26. The van der Waals surface area contributed by atoms with Crippen LogP contribution in [0.15, 0.2) is 12.3 Å². The molecule has 2 rings (SSSR count). The number of hydrogen-bond donors (Lipinski definition) is 1. The number of aromatic nitrogens is 1. The second-order valence-electron chi connectivity index (χ2n) is 5.38. The number of nitrogens with zero attached hydrogens (tertiary/aromatic N) is 2. The molecule has 0 aliphatic carbocycles. The summed E-state index contributed by atoms with van der Waals surface area (Å²) in [5, 5.41) is 5.14. The van der Waals surface area contributed by atoms with E-state index in [9.17, 15) is 0 Å². The zero-order valence-corrected chi connectivity index (χ0v) is 15.1. The number of methoxy groups -OCH3 is 4. The smallest absolute Gasteiger partial charge is 0.204 e. The van der Waals surface area contributed by atoms with Gasteiger partial charge in [0, 0.05) is 33.1 Å². The van der Waals surface area contributed by atoms with Gasteiger partial charge in [0.2, 0.25) is 5.75 Å². The van der Waals surface area contributed by atoms with Gasteiger partial charge in [0.05, 0.1) is 45.2 Å². The standard InChI is InChI=1S/C17H25N3O4/c1-20(2)17-14-11(12(10-19-17)18-7-8-21-3)9-13(22-4)15(23-5)16(14)24-6/h9-10,18H,7-8H2,1-6H3. The van der Waals surface area contributed by atoms with E-state index in [1.165, 1.54) is 0 Å². The molecule has 1 aromatic heterocycles. The predicted octanol–water partition coefficient (Wildman–Crippen LogP) is 2.38. The first-order valence-electron chi connectivity index (χ1n) is 7.60. The number of benzene rings is 1. The highest BCUT2D eigenvalue weighted by Crippen LogP contribution is 2.47. The van der Waals surface area contributed by atoms with Crippen molar-refractivity contribution in [2.45, 2.75) is 0 Å². The van der Waals surface area contributed by atoms with Gasteiger partial charge in [-0.05, 0) is 6.07 Å². The van der Waals surface area contributed by atoms with Crippen LogP contribution in [-0.2, 0) is 4.74 Å². The van der Waals surface area contributed by atoms with E-state index in [1.807, 2.05) is 25.1 Å². The van der Waals surface area contributed by atoms with Gasteiger partial charge in [-0.15, -0.1) is 0 Å². The third-order valence-electron chi connectivity index (χ3n) is 3.70. The summed E-state index contributed by atoms with van der Waals surface area (Å²) >= 11 is 0. The van der Waals surface area contributed by atoms with Crippen LogP contribution >= 0.6 is 0 Å². The van der Waals surface area contributed by atoms with Gasteiger partial charge in [0.25, 0.3) is 0 Å². The fourth-order valence-electron chi connectivity index (χ4n) is 2.62. The molecule has 7 heteroatoms. The zero-order chi connectivity index (χ0) is 17.7. The molecule has 0 spiro atoms. The average molecular weight is 335 g/mol. The Morgan fingerprint density at radius 3 is 2.29 bits per heavy atom. The fraction of sp³-hybridized carbons (Fsp3) is 0.471. The maximum absolute atomic E-state index is 5.64. The molecule has 0 saturated carbocycles. The van der Waals surface area contributed by atoms with Crippen LogP contribution in [0.2, 0.25) is 0 Å². The molecule has 0 atom stereocenters. The summed E-state index contributed by atoms with van der Waals surface area (Å²) in [7, 11) is 10.4. The molecule has 24 heavy (non-hydrogen) atoms. The van der Waals surface area contributed by atoms with Gasteiger partial charge < -0.3 is 29.2 Å². The van der Waals surface area contributed by atoms with Crippen molar-refractivity contribution in [3.8, 4) is 17.2 Å². The number of hydrogen-bond acceptors (Lipinski definition) is 7. The van der Waals surface area contributed by atoms with Gasteiger partial charge in [-0.2, -0.15) is 0 Å². The molecule has 0 aliphatic heterocycles. The summed E-state index contributed by atoms with van der Waals surface area (Å²) in [4.78, 5) is 6.51. The Bertz CT molecular complexity index is 704. The number of ether oxygens (including phenoxy) is 4. The van der Waals surface area contributed by atoms with Crippen molar-refractivity contribution in [2.75, 3.05) is 65.9 Å². The van der Waals surface area contributed by atoms with Crippen molar-refractivity contribution < 1.29 is 18.9 Å². The first-order valence-corrected chi connectivity index (χ1v) is 7.60. The molecule has 2 aromatic rings. The molecule has 0 aliphatic rings. The van der Waals surface area contributed by atoms with Crippen LogP contribution < -0.4 is 24.4 Å². The first kappa shape index (κ1) is 17.9. The fourth-order valence-corrected chi connectivity index (χ4v) is 2.62. The highest BCUT2D eigenvalue weighted by atomic mass is 16.5. The predicted molar refractivity (Wildman–Crippen MR) is 96.1 cm³/mol. The summed E-state index contributed by atoms with van der Waals surface area (Å²) in [5.41, 5.74) is 0.881. The minimum absolute atomic E-state index is 0.548. The van der Waals surface area contributed by atoms with Gasteiger partial charge >= 0.3 is 0 Å².